The first-order valence-electron chi connectivity index (χ1n) is 6.10. The fraction of sp³-hybridized carbons (Fsp3) is 0.250. The van der Waals surface area contributed by atoms with Crippen LogP contribution < -0.4 is 0 Å². The average Bonchev–Trinajstić information content (AvgIpc) is 2.38. The van der Waals surface area contributed by atoms with Crippen molar-refractivity contribution in [3.05, 3.63) is 69.7 Å². The maximum atomic E-state index is 6.30. The first kappa shape index (κ1) is 13.6. The van der Waals surface area contributed by atoms with Gasteiger partial charge >= 0.3 is 0 Å². The molecule has 0 amide bonds. The van der Waals surface area contributed by atoms with Crippen LogP contribution in [0.15, 0.2) is 42.5 Å². The number of benzene rings is 2. The highest BCUT2D eigenvalue weighted by molar-refractivity contribution is 9.09. The maximum Gasteiger partial charge on any atom is 0.0659 e. The maximum absolute atomic E-state index is 6.30. The molecule has 0 nitrogen and oxygen atoms in total. The van der Waals surface area contributed by atoms with Crippen molar-refractivity contribution in [2.24, 2.45) is 0 Å². The van der Waals surface area contributed by atoms with E-state index in [9.17, 15) is 0 Å². The van der Waals surface area contributed by atoms with Crippen molar-refractivity contribution in [3.63, 3.8) is 0 Å². The van der Waals surface area contributed by atoms with Gasteiger partial charge in [0.1, 0.15) is 0 Å². The molecule has 0 saturated carbocycles. The molecule has 0 heterocycles. The van der Waals surface area contributed by atoms with Crippen LogP contribution in [0, 0.1) is 6.92 Å². The van der Waals surface area contributed by atoms with Gasteiger partial charge in [0.25, 0.3) is 0 Å². The van der Waals surface area contributed by atoms with Crippen LogP contribution in [0.25, 0.3) is 0 Å². The Labute approximate surface area is 122 Å². The largest absolute Gasteiger partial charge is 0.0840 e. The van der Waals surface area contributed by atoms with Crippen LogP contribution in [0.1, 0.15) is 34.0 Å². The molecule has 0 bridgehead atoms. The third-order valence-electron chi connectivity index (χ3n) is 3.11. The summed E-state index contributed by atoms with van der Waals surface area (Å²) in [5, 5.41) is 0.816. The van der Waals surface area contributed by atoms with Gasteiger partial charge < -0.3 is 0 Å². The predicted molar refractivity (Wildman–Crippen MR) is 82.8 cm³/mol. The molecular weight excluding hydrogens is 308 g/mol. The number of alkyl halides is 1. The van der Waals surface area contributed by atoms with Gasteiger partial charge in [-0.3, -0.25) is 0 Å². The van der Waals surface area contributed by atoms with E-state index in [2.05, 4.69) is 66.2 Å². The van der Waals surface area contributed by atoms with Crippen molar-refractivity contribution < 1.29 is 0 Å². The van der Waals surface area contributed by atoms with Gasteiger partial charge in [-0.05, 0) is 41.7 Å². The summed E-state index contributed by atoms with van der Waals surface area (Å²) in [7, 11) is 0. The van der Waals surface area contributed by atoms with E-state index in [0.717, 1.165) is 17.0 Å². The van der Waals surface area contributed by atoms with Crippen LogP contribution in [0.3, 0.4) is 0 Å². The highest BCUT2D eigenvalue weighted by atomic mass is 79.9. The molecule has 0 saturated heterocycles. The molecule has 0 aliphatic rings. The Kier molecular flexibility index (Phi) is 4.47. The van der Waals surface area contributed by atoms with Crippen molar-refractivity contribution in [2.75, 3.05) is 0 Å². The molecular formula is C16H16BrCl. The third-order valence-corrected chi connectivity index (χ3v) is 4.46. The summed E-state index contributed by atoms with van der Waals surface area (Å²) in [5.41, 5.74) is 4.89. The zero-order valence-electron chi connectivity index (χ0n) is 10.6. The second kappa shape index (κ2) is 5.90. The average molecular weight is 324 g/mol. The zero-order chi connectivity index (χ0) is 13.1. The van der Waals surface area contributed by atoms with E-state index in [-0.39, 0.29) is 4.83 Å². The van der Waals surface area contributed by atoms with E-state index in [1.807, 2.05) is 6.07 Å². The number of hydrogen-bond acceptors (Lipinski definition) is 0. The molecule has 1 unspecified atom stereocenters. The highest BCUT2D eigenvalue weighted by Gasteiger charge is 2.13. The summed E-state index contributed by atoms with van der Waals surface area (Å²) in [6.07, 6.45) is 1.07. The standard InChI is InChI=1S/C16H16BrCl/c1-3-12-5-7-13(8-6-12)16(17)14-9-4-11(2)10-15(14)18/h4-10,16H,3H2,1-2H3. The number of aryl methyl sites for hydroxylation is 2. The van der Waals surface area contributed by atoms with Crippen LogP contribution in [0.5, 0.6) is 0 Å². The summed E-state index contributed by atoms with van der Waals surface area (Å²) >= 11 is 10.0. The Bertz CT molecular complexity index is 531. The Morgan fingerprint density at radius 3 is 2.33 bits per heavy atom. The van der Waals surface area contributed by atoms with Crippen LogP contribution in [0.2, 0.25) is 5.02 Å². The molecule has 0 fully saturated rings. The number of hydrogen-bond donors (Lipinski definition) is 0. The minimum absolute atomic E-state index is 0.150. The molecule has 18 heavy (non-hydrogen) atoms. The van der Waals surface area contributed by atoms with Gasteiger partial charge in [-0.15, -0.1) is 0 Å². The van der Waals surface area contributed by atoms with Gasteiger partial charge in [-0.25, -0.2) is 0 Å². The van der Waals surface area contributed by atoms with Gasteiger partial charge in [0, 0.05) is 5.02 Å². The lowest BCUT2D eigenvalue weighted by molar-refractivity contribution is 1.11. The van der Waals surface area contributed by atoms with Gasteiger partial charge in [0.2, 0.25) is 0 Å². The summed E-state index contributed by atoms with van der Waals surface area (Å²) in [5.74, 6) is 0. The van der Waals surface area contributed by atoms with Crippen LogP contribution in [0.4, 0.5) is 0 Å². The summed E-state index contributed by atoms with van der Waals surface area (Å²) in [6, 6.07) is 14.9. The summed E-state index contributed by atoms with van der Waals surface area (Å²) in [4.78, 5) is 0.150. The Balaban J connectivity index is 2.31. The van der Waals surface area contributed by atoms with Gasteiger partial charge in [0.15, 0.2) is 0 Å². The zero-order valence-corrected chi connectivity index (χ0v) is 12.9. The van der Waals surface area contributed by atoms with E-state index < -0.39 is 0 Å². The second-order valence-electron chi connectivity index (χ2n) is 4.48. The number of rotatable bonds is 3. The Morgan fingerprint density at radius 2 is 1.78 bits per heavy atom. The van der Waals surface area contributed by atoms with E-state index in [0.29, 0.717) is 0 Å². The lowest BCUT2D eigenvalue weighted by Gasteiger charge is -2.13. The van der Waals surface area contributed by atoms with Crippen LogP contribution >= 0.6 is 27.5 Å². The SMILES string of the molecule is CCc1ccc(C(Br)c2ccc(C)cc2Cl)cc1. The molecule has 0 radical (unpaired) electrons. The smallest absolute Gasteiger partial charge is 0.0659 e. The molecule has 2 aromatic rings. The van der Waals surface area contributed by atoms with Gasteiger partial charge in [-0.1, -0.05) is 70.9 Å². The van der Waals surface area contributed by atoms with Gasteiger partial charge in [0.05, 0.1) is 4.83 Å². The first-order valence-corrected chi connectivity index (χ1v) is 7.40. The van der Waals surface area contributed by atoms with E-state index in [1.54, 1.807) is 0 Å². The fourth-order valence-corrected chi connectivity index (χ4v) is 3.12. The molecule has 1 atom stereocenters. The molecule has 2 aromatic carbocycles. The van der Waals surface area contributed by atoms with Crippen molar-refractivity contribution in [2.45, 2.75) is 25.1 Å². The predicted octanol–water partition coefficient (Wildman–Crippen LogP) is 5.70. The molecule has 2 heteroatoms. The molecule has 0 aliphatic heterocycles. The first-order chi connectivity index (χ1) is 8.61. The lowest BCUT2D eigenvalue weighted by atomic mass is 10.0. The molecule has 0 aromatic heterocycles. The van der Waals surface area contributed by atoms with E-state index >= 15 is 0 Å². The topological polar surface area (TPSA) is 0 Å². The minimum atomic E-state index is 0.150. The quantitative estimate of drug-likeness (QED) is 0.636. The number of halogens is 2. The minimum Gasteiger partial charge on any atom is -0.0840 e. The Morgan fingerprint density at radius 1 is 1.11 bits per heavy atom. The van der Waals surface area contributed by atoms with Crippen LogP contribution in [-0.4, -0.2) is 0 Å². The van der Waals surface area contributed by atoms with E-state index in [1.165, 1.54) is 16.7 Å². The molecule has 0 spiro atoms. The summed E-state index contributed by atoms with van der Waals surface area (Å²) < 4.78 is 0. The highest BCUT2D eigenvalue weighted by Crippen LogP contribution is 2.35. The van der Waals surface area contributed by atoms with Crippen molar-refractivity contribution >= 4 is 27.5 Å². The lowest BCUT2D eigenvalue weighted by Crippen LogP contribution is -1.94. The van der Waals surface area contributed by atoms with E-state index in [4.69, 9.17) is 11.6 Å². The second-order valence-corrected chi connectivity index (χ2v) is 5.81. The third kappa shape index (κ3) is 2.96. The monoisotopic (exact) mass is 322 g/mol. The normalized spacial score (nSPS) is 12.4. The molecule has 2 rings (SSSR count). The molecule has 0 aliphatic carbocycles. The van der Waals surface area contributed by atoms with Crippen molar-refractivity contribution in [3.8, 4) is 0 Å². The van der Waals surface area contributed by atoms with Gasteiger partial charge in [-0.2, -0.15) is 0 Å². The molecule has 94 valence electrons. The van der Waals surface area contributed by atoms with Crippen molar-refractivity contribution in [1.82, 2.24) is 0 Å². The fourth-order valence-electron chi connectivity index (χ4n) is 1.94. The Hall–Kier alpha value is -0.790. The van der Waals surface area contributed by atoms with Crippen molar-refractivity contribution in [1.29, 1.82) is 0 Å². The summed E-state index contributed by atoms with van der Waals surface area (Å²) in [6.45, 7) is 4.21. The van der Waals surface area contributed by atoms with Crippen LogP contribution in [-0.2, 0) is 6.42 Å². The molecule has 0 N–H and O–H groups in total.